The largest absolute Gasteiger partial charge is 0.397 e. The topological polar surface area (TPSA) is 29.3 Å². The first kappa shape index (κ1) is 9.52. The van der Waals surface area contributed by atoms with E-state index in [9.17, 15) is 8.78 Å². The van der Waals surface area contributed by atoms with Gasteiger partial charge in [-0.1, -0.05) is 11.6 Å². The van der Waals surface area contributed by atoms with Gasteiger partial charge >= 0.3 is 0 Å². The van der Waals surface area contributed by atoms with Crippen molar-refractivity contribution in [3.63, 3.8) is 0 Å². The Hall–Kier alpha value is -1.03. The number of anilines is 2. The standard InChI is InChI=1S/C9H9ClF2N2/c10-6-1-2-8(7(13)3-6)14-4-9(11,12)5-14/h1-3H,4-5,13H2. The van der Waals surface area contributed by atoms with Gasteiger partial charge in [-0.3, -0.25) is 0 Å². The Morgan fingerprint density at radius 3 is 2.50 bits per heavy atom. The van der Waals surface area contributed by atoms with Gasteiger partial charge in [-0.25, -0.2) is 8.78 Å². The summed E-state index contributed by atoms with van der Waals surface area (Å²) in [5, 5.41) is 0.513. The lowest BCUT2D eigenvalue weighted by atomic mass is 10.1. The van der Waals surface area contributed by atoms with E-state index >= 15 is 0 Å². The number of benzene rings is 1. The summed E-state index contributed by atoms with van der Waals surface area (Å²) in [4.78, 5) is 1.53. The molecule has 1 aromatic carbocycles. The quantitative estimate of drug-likeness (QED) is 0.734. The molecule has 14 heavy (non-hydrogen) atoms. The van der Waals surface area contributed by atoms with E-state index in [-0.39, 0.29) is 13.1 Å². The fourth-order valence-corrected chi connectivity index (χ4v) is 1.68. The second-order valence-corrected chi connectivity index (χ2v) is 3.85. The van der Waals surface area contributed by atoms with Crippen LogP contribution in [0, 0.1) is 0 Å². The Balaban J connectivity index is 2.19. The summed E-state index contributed by atoms with van der Waals surface area (Å²) in [5.41, 5.74) is 6.71. The van der Waals surface area contributed by atoms with Crippen molar-refractivity contribution in [1.29, 1.82) is 0 Å². The lowest BCUT2D eigenvalue weighted by Gasteiger charge is -2.40. The van der Waals surface area contributed by atoms with Crippen molar-refractivity contribution in [2.75, 3.05) is 23.7 Å². The van der Waals surface area contributed by atoms with Crippen LogP contribution in [0.1, 0.15) is 0 Å². The van der Waals surface area contributed by atoms with Crippen LogP contribution < -0.4 is 10.6 Å². The number of alkyl halides is 2. The molecule has 0 aliphatic carbocycles. The highest BCUT2D eigenvalue weighted by Crippen LogP contribution is 2.35. The van der Waals surface area contributed by atoms with E-state index in [1.54, 1.807) is 18.2 Å². The second kappa shape index (κ2) is 2.98. The molecule has 0 atom stereocenters. The van der Waals surface area contributed by atoms with Crippen LogP contribution in [0.2, 0.25) is 5.02 Å². The Labute approximate surface area is 85.3 Å². The number of nitrogen functional groups attached to an aromatic ring is 1. The maximum atomic E-state index is 12.6. The van der Waals surface area contributed by atoms with E-state index in [0.717, 1.165) is 0 Å². The van der Waals surface area contributed by atoms with Crippen molar-refractivity contribution in [2.45, 2.75) is 5.92 Å². The van der Waals surface area contributed by atoms with E-state index in [0.29, 0.717) is 16.4 Å². The second-order valence-electron chi connectivity index (χ2n) is 3.42. The molecule has 2 nitrogen and oxygen atoms in total. The van der Waals surface area contributed by atoms with E-state index < -0.39 is 5.92 Å². The number of nitrogens with two attached hydrogens (primary N) is 1. The van der Waals surface area contributed by atoms with Gasteiger partial charge in [-0.05, 0) is 18.2 Å². The van der Waals surface area contributed by atoms with Crippen LogP contribution >= 0.6 is 11.6 Å². The lowest BCUT2D eigenvalue weighted by molar-refractivity contribution is -0.0261. The van der Waals surface area contributed by atoms with E-state index in [1.165, 1.54) is 4.90 Å². The van der Waals surface area contributed by atoms with Crippen LogP contribution in [-0.2, 0) is 0 Å². The highest BCUT2D eigenvalue weighted by molar-refractivity contribution is 6.31. The number of nitrogens with zero attached hydrogens (tertiary/aromatic N) is 1. The molecule has 1 aliphatic heterocycles. The van der Waals surface area contributed by atoms with Crippen LogP contribution in [0.15, 0.2) is 18.2 Å². The van der Waals surface area contributed by atoms with E-state index in [1.807, 2.05) is 0 Å². The molecule has 1 fully saturated rings. The molecule has 5 heteroatoms. The van der Waals surface area contributed by atoms with Gasteiger partial charge in [0.25, 0.3) is 5.92 Å². The summed E-state index contributed by atoms with van der Waals surface area (Å²) in [5.74, 6) is -2.58. The summed E-state index contributed by atoms with van der Waals surface area (Å²) in [6, 6.07) is 4.87. The maximum absolute atomic E-state index is 12.6. The minimum Gasteiger partial charge on any atom is -0.397 e. The Kier molecular flexibility index (Phi) is 2.03. The van der Waals surface area contributed by atoms with Crippen LogP contribution in [0.5, 0.6) is 0 Å². The average Bonchev–Trinajstić information content (AvgIpc) is 2.00. The lowest BCUT2D eigenvalue weighted by Crippen LogP contribution is -2.56. The molecule has 0 radical (unpaired) electrons. The van der Waals surface area contributed by atoms with Gasteiger partial charge in [-0.15, -0.1) is 0 Å². The van der Waals surface area contributed by atoms with Gasteiger partial charge in [0.1, 0.15) is 0 Å². The Morgan fingerprint density at radius 1 is 1.36 bits per heavy atom. The van der Waals surface area contributed by atoms with Gasteiger partial charge in [0.15, 0.2) is 0 Å². The zero-order chi connectivity index (χ0) is 10.3. The molecule has 76 valence electrons. The van der Waals surface area contributed by atoms with E-state index in [4.69, 9.17) is 17.3 Å². The predicted octanol–water partition coefficient (Wildman–Crippen LogP) is 2.38. The van der Waals surface area contributed by atoms with Crippen molar-refractivity contribution < 1.29 is 8.78 Å². The van der Waals surface area contributed by atoms with Crippen molar-refractivity contribution in [2.24, 2.45) is 0 Å². The maximum Gasteiger partial charge on any atom is 0.282 e. The normalized spacial score (nSPS) is 19.2. The predicted molar refractivity (Wildman–Crippen MR) is 53.0 cm³/mol. The number of rotatable bonds is 1. The van der Waals surface area contributed by atoms with Crippen molar-refractivity contribution in [3.05, 3.63) is 23.2 Å². The van der Waals surface area contributed by atoms with Gasteiger partial charge in [0.05, 0.1) is 24.5 Å². The molecular weight excluding hydrogens is 210 g/mol. The third kappa shape index (κ3) is 1.62. The van der Waals surface area contributed by atoms with Crippen LogP contribution in [0.25, 0.3) is 0 Å². The zero-order valence-corrected chi connectivity index (χ0v) is 8.06. The van der Waals surface area contributed by atoms with Crippen LogP contribution in [0.3, 0.4) is 0 Å². The third-order valence-electron chi connectivity index (χ3n) is 2.17. The third-order valence-corrected chi connectivity index (χ3v) is 2.41. The molecule has 0 bridgehead atoms. The SMILES string of the molecule is Nc1cc(Cl)ccc1N1CC(F)(F)C1. The summed E-state index contributed by atoms with van der Waals surface area (Å²) < 4.78 is 25.2. The highest BCUT2D eigenvalue weighted by Gasteiger charge is 2.44. The van der Waals surface area contributed by atoms with Gasteiger partial charge < -0.3 is 10.6 Å². The van der Waals surface area contributed by atoms with Gasteiger partial charge in [0, 0.05) is 5.02 Å². The van der Waals surface area contributed by atoms with Crippen molar-refractivity contribution in [1.82, 2.24) is 0 Å². The minimum absolute atomic E-state index is 0.265. The first-order valence-corrected chi connectivity index (χ1v) is 4.53. The Morgan fingerprint density at radius 2 is 2.00 bits per heavy atom. The summed E-state index contributed by atoms with van der Waals surface area (Å²) >= 11 is 5.69. The molecule has 2 rings (SSSR count). The van der Waals surface area contributed by atoms with E-state index in [2.05, 4.69) is 0 Å². The summed E-state index contributed by atoms with van der Waals surface area (Å²) in [6.45, 7) is -0.530. The molecule has 1 aromatic rings. The van der Waals surface area contributed by atoms with Gasteiger partial charge in [-0.2, -0.15) is 0 Å². The fourth-order valence-electron chi connectivity index (χ4n) is 1.50. The molecule has 0 spiro atoms. The van der Waals surface area contributed by atoms with Gasteiger partial charge in [0.2, 0.25) is 0 Å². The molecule has 1 heterocycles. The smallest absolute Gasteiger partial charge is 0.282 e. The van der Waals surface area contributed by atoms with Crippen molar-refractivity contribution >= 4 is 23.0 Å². The average molecular weight is 219 g/mol. The monoisotopic (exact) mass is 218 g/mol. The molecule has 1 aliphatic rings. The molecule has 0 amide bonds. The van der Waals surface area contributed by atoms with Crippen LogP contribution in [-0.4, -0.2) is 19.0 Å². The first-order chi connectivity index (χ1) is 6.48. The minimum atomic E-state index is -2.58. The number of halogens is 3. The van der Waals surface area contributed by atoms with Crippen molar-refractivity contribution in [3.8, 4) is 0 Å². The summed E-state index contributed by atoms with van der Waals surface area (Å²) in [7, 11) is 0. The molecule has 1 saturated heterocycles. The Bertz CT molecular complexity index is 360. The fraction of sp³-hybridized carbons (Fsp3) is 0.333. The van der Waals surface area contributed by atoms with Crippen LogP contribution in [0.4, 0.5) is 20.2 Å². The molecule has 0 saturated carbocycles. The molecule has 2 N–H and O–H groups in total. The highest BCUT2D eigenvalue weighted by atomic mass is 35.5. The first-order valence-electron chi connectivity index (χ1n) is 4.16. The molecular formula is C9H9ClF2N2. The molecule has 0 aromatic heterocycles. The number of hydrogen-bond acceptors (Lipinski definition) is 2. The molecule has 0 unspecified atom stereocenters. The summed E-state index contributed by atoms with van der Waals surface area (Å²) in [6.07, 6.45) is 0. The zero-order valence-electron chi connectivity index (χ0n) is 7.30. The number of hydrogen-bond donors (Lipinski definition) is 1.